The Bertz CT molecular complexity index is 880. The van der Waals surface area contributed by atoms with Crippen LogP contribution in [-0.2, 0) is 0 Å². The molecule has 2 rings (SSSR count). The van der Waals surface area contributed by atoms with Crippen LogP contribution in [0.2, 0.25) is 0 Å². The van der Waals surface area contributed by atoms with Crippen molar-refractivity contribution >= 4 is 23.5 Å². The first-order chi connectivity index (χ1) is 12.9. The molecule has 0 aromatic heterocycles. The zero-order valence-corrected chi connectivity index (χ0v) is 15.4. The highest BCUT2D eigenvalue weighted by Gasteiger charge is 2.15. The average molecular weight is 372 g/mol. The molecule has 0 radical (unpaired) electrons. The molecule has 0 spiro atoms. The molecule has 9 heteroatoms. The van der Waals surface area contributed by atoms with Crippen LogP contribution in [0.3, 0.4) is 0 Å². The molecule has 0 heterocycles. The highest BCUT2D eigenvalue weighted by molar-refractivity contribution is 5.95. The summed E-state index contributed by atoms with van der Waals surface area (Å²) in [5.41, 5.74) is 3.63. The van der Waals surface area contributed by atoms with E-state index < -0.39 is 10.8 Å². The maximum Gasteiger partial charge on any atom is 0.293 e. The molecule has 2 aromatic rings. The van der Waals surface area contributed by atoms with E-state index in [0.29, 0.717) is 28.3 Å². The minimum absolute atomic E-state index is 0.0461. The van der Waals surface area contributed by atoms with Crippen molar-refractivity contribution < 1.29 is 19.2 Å². The van der Waals surface area contributed by atoms with Gasteiger partial charge >= 0.3 is 0 Å². The molecule has 0 saturated carbocycles. The van der Waals surface area contributed by atoms with Crippen LogP contribution in [0.5, 0.6) is 11.5 Å². The number of methoxy groups -OCH3 is 2. The van der Waals surface area contributed by atoms with Gasteiger partial charge in [0, 0.05) is 31.3 Å². The van der Waals surface area contributed by atoms with Crippen LogP contribution < -0.4 is 19.8 Å². The van der Waals surface area contributed by atoms with E-state index in [4.69, 9.17) is 9.47 Å². The number of rotatable bonds is 7. The maximum absolute atomic E-state index is 12.2. The number of carbonyl (C=O) groups excluding carboxylic acids is 1. The number of nitro benzene ring substituents is 1. The third kappa shape index (κ3) is 4.72. The number of hydrazone groups is 1. The molecule has 9 nitrogen and oxygen atoms in total. The lowest BCUT2D eigenvalue weighted by atomic mass is 10.2. The van der Waals surface area contributed by atoms with Crippen molar-refractivity contribution in [2.75, 3.05) is 33.2 Å². The van der Waals surface area contributed by atoms with Gasteiger partial charge in [0.15, 0.2) is 11.5 Å². The van der Waals surface area contributed by atoms with Gasteiger partial charge in [0.25, 0.3) is 11.6 Å². The third-order valence-electron chi connectivity index (χ3n) is 3.70. The topological polar surface area (TPSA) is 106 Å². The standard InChI is InChI=1S/C18H20N4O5/c1-21(2)14-7-5-12(9-15(14)22(24)25)11-19-20-18(23)13-6-8-16(26-3)17(10-13)27-4/h5-11H,1-4H3,(H,20,23)/b19-11-. The monoisotopic (exact) mass is 372 g/mol. The molecule has 0 aliphatic rings. The van der Waals surface area contributed by atoms with Crippen LogP contribution in [0.1, 0.15) is 15.9 Å². The third-order valence-corrected chi connectivity index (χ3v) is 3.70. The molecule has 0 aliphatic carbocycles. The second-order valence-electron chi connectivity index (χ2n) is 5.67. The zero-order chi connectivity index (χ0) is 20.0. The fourth-order valence-corrected chi connectivity index (χ4v) is 2.35. The molecule has 0 aliphatic heterocycles. The number of carbonyl (C=O) groups is 1. The molecule has 142 valence electrons. The normalized spacial score (nSPS) is 10.5. The SMILES string of the molecule is COc1ccc(C(=O)N/N=C\c2ccc(N(C)C)c([N+](=O)[O-])c2)cc1OC. The Hall–Kier alpha value is -3.62. The number of hydrogen-bond donors (Lipinski definition) is 1. The van der Waals surface area contributed by atoms with E-state index in [1.165, 1.54) is 32.6 Å². The fraction of sp³-hybridized carbons (Fsp3) is 0.222. The lowest BCUT2D eigenvalue weighted by molar-refractivity contribution is -0.384. The summed E-state index contributed by atoms with van der Waals surface area (Å²) in [7, 11) is 6.42. The summed E-state index contributed by atoms with van der Waals surface area (Å²) in [5.74, 6) is 0.474. The van der Waals surface area contributed by atoms with Crippen molar-refractivity contribution in [3.63, 3.8) is 0 Å². The highest BCUT2D eigenvalue weighted by Crippen LogP contribution is 2.28. The summed E-state index contributed by atoms with van der Waals surface area (Å²) in [5, 5.41) is 15.1. The Balaban J connectivity index is 2.14. The van der Waals surface area contributed by atoms with Crippen molar-refractivity contribution in [1.29, 1.82) is 0 Å². The lowest BCUT2D eigenvalue weighted by Gasteiger charge is -2.12. The predicted octanol–water partition coefficient (Wildman–Crippen LogP) is 2.44. The van der Waals surface area contributed by atoms with Crippen LogP contribution in [0, 0.1) is 10.1 Å². The summed E-state index contributed by atoms with van der Waals surface area (Å²) >= 11 is 0. The highest BCUT2D eigenvalue weighted by atomic mass is 16.6. The molecule has 27 heavy (non-hydrogen) atoms. The van der Waals surface area contributed by atoms with Crippen LogP contribution in [0.4, 0.5) is 11.4 Å². The average Bonchev–Trinajstić information content (AvgIpc) is 2.66. The number of amides is 1. The minimum Gasteiger partial charge on any atom is -0.493 e. The molecule has 2 aromatic carbocycles. The summed E-state index contributed by atoms with van der Waals surface area (Å²) in [6, 6.07) is 9.40. The van der Waals surface area contributed by atoms with E-state index in [2.05, 4.69) is 10.5 Å². The molecule has 1 amide bonds. The number of benzene rings is 2. The van der Waals surface area contributed by atoms with E-state index >= 15 is 0 Å². The molecule has 0 saturated heterocycles. The molecule has 0 fully saturated rings. The Morgan fingerprint density at radius 3 is 2.44 bits per heavy atom. The van der Waals surface area contributed by atoms with E-state index in [1.807, 2.05) is 0 Å². The maximum atomic E-state index is 12.2. The molecule has 0 unspecified atom stereocenters. The van der Waals surface area contributed by atoms with Gasteiger partial charge in [0.1, 0.15) is 5.69 Å². The van der Waals surface area contributed by atoms with E-state index in [0.717, 1.165) is 0 Å². The predicted molar refractivity (Wildman–Crippen MR) is 102 cm³/mol. The number of ether oxygens (including phenoxy) is 2. The van der Waals surface area contributed by atoms with Crippen molar-refractivity contribution in [1.82, 2.24) is 5.43 Å². The first-order valence-corrected chi connectivity index (χ1v) is 7.88. The summed E-state index contributed by atoms with van der Waals surface area (Å²) in [6.07, 6.45) is 1.34. The summed E-state index contributed by atoms with van der Waals surface area (Å²) < 4.78 is 10.3. The van der Waals surface area contributed by atoms with Gasteiger partial charge in [-0.1, -0.05) is 6.07 Å². The number of nitrogens with zero attached hydrogens (tertiary/aromatic N) is 3. The van der Waals surface area contributed by atoms with Crippen molar-refractivity contribution in [3.05, 3.63) is 57.6 Å². The first kappa shape index (κ1) is 19.7. The first-order valence-electron chi connectivity index (χ1n) is 7.88. The van der Waals surface area contributed by atoms with Gasteiger partial charge in [-0.25, -0.2) is 5.43 Å². The van der Waals surface area contributed by atoms with E-state index in [-0.39, 0.29) is 5.69 Å². The quantitative estimate of drug-likeness (QED) is 0.454. The number of anilines is 1. The molecular formula is C18H20N4O5. The molecular weight excluding hydrogens is 352 g/mol. The van der Waals surface area contributed by atoms with Crippen LogP contribution in [0.25, 0.3) is 0 Å². The van der Waals surface area contributed by atoms with E-state index in [9.17, 15) is 14.9 Å². The van der Waals surface area contributed by atoms with Gasteiger partial charge in [-0.3, -0.25) is 14.9 Å². The van der Waals surface area contributed by atoms with Crippen LogP contribution in [-0.4, -0.2) is 45.4 Å². The second-order valence-corrected chi connectivity index (χ2v) is 5.67. The summed E-state index contributed by atoms with van der Waals surface area (Å²) in [4.78, 5) is 24.6. The molecule has 0 bridgehead atoms. The van der Waals surface area contributed by atoms with Gasteiger partial charge in [0.05, 0.1) is 25.4 Å². The van der Waals surface area contributed by atoms with Crippen molar-refractivity contribution in [3.8, 4) is 11.5 Å². The Labute approximate surface area is 156 Å². The van der Waals surface area contributed by atoms with Crippen LogP contribution in [0.15, 0.2) is 41.5 Å². The molecule has 0 atom stereocenters. The van der Waals surface area contributed by atoms with Gasteiger partial charge in [-0.05, 0) is 24.3 Å². The largest absolute Gasteiger partial charge is 0.493 e. The van der Waals surface area contributed by atoms with Crippen LogP contribution >= 0.6 is 0 Å². The van der Waals surface area contributed by atoms with Gasteiger partial charge in [0.2, 0.25) is 0 Å². The lowest BCUT2D eigenvalue weighted by Crippen LogP contribution is -2.17. The fourth-order valence-electron chi connectivity index (χ4n) is 2.35. The molecule has 1 N–H and O–H groups in total. The second kappa shape index (κ2) is 8.65. The number of nitrogens with one attached hydrogen (secondary N) is 1. The number of nitro groups is 1. The Kier molecular flexibility index (Phi) is 6.32. The van der Waals surface area contributed by atoms with Crippen molar-refractivity contribution in [2.45, 2.75) is 0 Å². The number of hydrogen-bond acceptors (Lipinski definition) is 7. The zero-order valence-electron chi connectivity index (χ0n) is 15.4. The smallest absolute Gasteiger partial charge is 0.293 e. The van der Waals surface area contributed by atoms with E-state index in [1.54, 1.807) is 43.3 Å². The Morgan fingerprint density at radius 2 is 1.85 bits per heavy atom. The minimum atomic E-state index is -0.463. The van der Waals surface area contributed by atoms with Gasteiger partial charge in [-0.2, -0.15) is 5.10 Å². The summed E-state index contributed by atoms with van der Waals surface area (Å²) in [6.45, 7) is 0. The van der Waals surface area contributed by atoms with Gasteiger partial charge in [-0.15, -0.1) is 0 Å². The Morgan fingerprint density at radius 1 is 1.15 bits per heavy atom. The van der Waals surface area contributed by atoms with Gasteiger partial charge < -0.3 is 14.4 Å². The van der Waals surface area contributed by atoms with Crippen molar-refractivity contribution in [2.24, 2.45) is 5.10 Å².